The Bertz CT molecular complexity index is 876. The number of carbonyl (C=O) groups is 1. The summed E-state index contributed by atoms with van der Waals surface area (Å²) < 4.78 is 5.31. The van der Waals surface area contributed by atoms with Gasteiger partial charge in [0.25, 0.3) is 11.6 Å². The number of aromatic nitrogens is 2. The van der Waals surface area contributed by atoms with Crippen LogP contribution in [0.5, 0.6) is 0 Å². The van der Waals surface area contributed by atoms with Crippen LogP contribution in [0.3, 0.4) is 0 Å². The summed E-state index contributed by atoms with van der Waals surface area (Å²) in [6.07, 6.45) is 0. The largest absolute Gasteiger partial charge is 0.349 e. The summed E-state index contributed by atoms with van der Waals surface area (Å²) in [5.74, 6) is -0.131. The Balaban J connectivity index is 2.08. The van der Waals surface area contributed by atoms with Gasteiger partial charge in [-0.25, -0.2) is 4.98 Å². The molecule has 5 nitrogen and oxygen atoms in total. The van der Waals surface area contributed by atoms with Gasteiger partial charge in [0.1, 0.15) is 0 Å². The smallest absolute Gasteiger partial charge is 0.259 e. The van der Waals surface area contributed by atoms with Crippen molar-refractivity contribution in [2.45, 2.75) is 40.7 Å². The van der Waals surface area contributed by atoms with Crippen molar-refractivity contribution < 1.29 is 9.32 Å². The molecule has 0 aliphatic heterocycles. The normalized spacial score (nSPS) is 13.2. The van der Waals surface area contributed by atoms with Gasteiger partial charge in [0.05, 0.1) is 27.2 Å². The predicted molar refractivity (Wildman–Crippen MR) is 96.2 cm³/mol. The van der Waals surface area contributed by atoms with Gasteiger partial charge in [-0.15, -0.1) is 11.3 Å². The summed E-state index contributed by atoms with van der Waals surface area (Å²) in [7, 11) is 0. The highest BCUT2D eigenvalue weighted by Crippen LogP contribution is 2.29. The number of hydrogen-bond acceptors (Lipinski definition) is 5. The van der Waals surface area contributed by atoms with E-state index in [0.717, 1.165) is 10.6 Å². The molecule has 0 spiro atoms. The van der Waals surface area contributed by atoms with Crippen LogP contribution >= 0.6 is 11.3 Å². The van der Waals surface area contributed by atoms with Gasteiger partial charge in [-0.3, -0.25) is 4.79 Å². The molecule has 6 heteroatoms. The first-order valence-electron chi connectivity index (χ1n) is 7.89. The van der Waals surface area contributed by atoms with Crippen molar-refractivity contribution in [1.82, 2.24) is 15.5 Å². The summed E-state index contributed by atoms with van der Waals surface area (Å²) in [6.45, 7) is 10.1. The quantitative estimate of drug-likeness (QED) is 0.764. The van der Waals surface area contributed by atoms with Crippen molar-refractivity contribution in [3.8, 4) is 10.6 Å². The SMILES string of the molecule is Cc1noc2nc(-c3cccs3)cc(C(=O)N[C@H](C)C(C)(C)C)c12. The average molecular weight is 343 g/mol. The zero-order chi connectivity index (χ0) is 17.5. The van der Waals surface area contributed by atoms with E-state index in [-0.39, 0.29) is 17.4 Å². The number of nitrogens with zero attached hydrogens (tertiary/aromatic N) is 2. The summed E-state index contributed by atoms with van der Waals surface area (Å²) in [6, 6.07) is 5.78. The number of hydrogen-bond donors (Lipinski definition) is 1. The Morgan fingerprint density at radius 1 is 1.38 bits per heavy atom. The monoisotopic (exact) mass is 343 g/mol. The molecule has 0 aliphatic rings. The van der Waals surface area contributed by atoms with Crippen LogP contribution in [0.15, 0.2) is 28.1 Å². The summed E-state index contributed by atoms with van der Waals surface area (Å²) in [4.78, 5) is 18.4. The average Bonchev–Trinajstić information content (AvgIpc) is 3.15. The van der Waals surface area contributed by atoms with Crippen LogP contribution in [0.1, 0.15) is 43.7 Å². The van der Waals surface area contributed by atoms with Gasteiger partial charge in [0.15, 0.2) is 0 Å². The minimum atomic E-state index is -0.131. The van der Waals surface area contributed by atoms with E-state index in [4.69, 9.17) is 4.52 Å². The van der Waals surface area contributed by atoms with Crippen molar-refractivity contribution in [3.05, 3.63) is 34.8 Å². The fourth-order valence-electron chi connectivity index (χ4n) is 2.32. The molecular weight excluding hydrogens is 322 g/mol. The van der Waals surface area contributed by atoms with Gasteiger partial charge in [0.2, 0.25) is 0 Å². The number of nitrogens with one attached hydrogen (secondary N) is 1. The fourth-order valence-corrected chi connectivity index (χ4v) is 3.00. The highest BCUT2D eigenvalue weighted by Gasteiger charge is 2.25. The van der Waals surface area contributed by atoms with Crippen molar-refractivity contribution in [1.29, 1.82) is 0 Å². The Labute approximate surface area is 145 Å². The molecule has 0 unspecified atom stereocenters. The number of thiophene rings is 1. The molecule has 24 heavy (non-hydrogen) atoms. The molecule has 3 heterocycles. The zero-order valence-electron chi connectivity index (χ0n) is 14.5. The van der Waals surface area contributed by atoms with Crippen LogP contribution in [0.4, 0.5) is 0 Å². The van der Waals surface area contributed by atoms with Crippen molar-refractivity contribution in [2.75, 3.05) is 0 Å². The van der Waals surface area contributed by atoms with Crippen LogP contribution in [0, 0.1) is 12.3 Å². The number of pyridine rings is 1. The van der Waals surface area contributed by atoms with Gasteiger partial charge in [-0.05, 0) is 36.8 Å². The molecule has 0 aromatic carbocycles. The maximum Gasteiger partial charge on any atom is 0.259 e. The van der Waals surface area contributed by atoms with Gasteiger partial charge < -0.3 is 9.84 Å². The van der Waals surface area contributed by atoms with E-state index in [2.05, 4.69) is 36.2 Å². The minimum Gasteiger partial charge on any atom is -0.349 e. The van der Waals surface area contributed by atoms with E-state index >= 15 is 0 Å². The Morgan fingerprint density at radius 3 is 2.75 bits per heavy atom. The third-order valence-electron chi connectivity index (χ3n) is 4.28. The lowest BCUT2D eigenvalue weighted by Crippen LogP contribution is -2.41. The lowest BCUT2D eigenvalue weighted by molar-refractivity contribution is 0.0911. The first-order valence-corrected chi connectivity index (χ1v) is 8.77. The molecule has 0 aliphatic carbocycles. The maximum absolute atomic E-state index is 12.9. The Hall–Kier alpha value is -2.21. The summed E-state index contributed by atoms with van der Waals surface area (Å²) in [5, 5.41) is 9.72. The van der Waals surface area contributed by atoms with E-state index in [9.17, 15) is 4.79 Å². The summed E-state index contributed by atoms with van der Waals surface area (Å²) in [5.41, 5.74) is 2.32. The van der Waals surface area contributed by atoms with Crippen LogP contribution in [0.25, 0.3) is 21.7 Å². The van der Waals surface area contributed by atoms with E-state index < -0.39 is 0 Å². The molecule has 0 saturated heterocycles. The van der Waals surface area contributed by atoms with Gasteiger partial charge >= 0.3 is 0 Å². The molecule has 1 atom stereocenters. The minimum absolute atomic E-state index is 0.0257. The first-order chi connectivity index (χ1) is 11.3. The molecule has 1 N–H and O–H groups in total. The second-order valence-corrected chi connectivity index (χ2v) is 7.99. The van der Waals surface area contributed by atoms with Crippen molar-refractivity contribution in [3.63, 3.8) is 0 Å². The molecule has 0 saturated carbocycles. The number of rotatable bonds is 3. The third kappa shape index (κ3) is 3.06. The topological polar surface area (TPSA) is 68.0 Å². The van der Waals surface area contributed by atoms with E-state index in [1.807, 2.05) is 37.4 Å². The molecule has 0 fully saturated rings. The van der Waals surface area contributed by atoms with E-state index in [0.29, 0.717) is 22.4 Å². The summed E-state index contributed by atoms with van der Waals surface area (Å²) >= 11 is 1.57. The number of carbonyl (C=O) groups excluding carboxylic acids is 1. The third-order valence-corrected chi connectivity index (χ3v) is 5.17. The van der Waals surface area contributed by atoms with Crippen molar-refractivity contribution >= 4 is 28.3 Å². The standard InChI is InChI=1S/C18H21N3O2S/c1-10-15-12(16(22)19-11(2)18(3,4)5)9-13(14-7-6-8-24-14)20-17(15)23-21-10/h6-9,11H,1-5H3,(H,19,22)/t11-/m1/s1. The van der Waals surface area contributed by atoms with Crippen LogP contribution in [-0.2, 0) is 0 Å². The lowest BCUT2D eigenvalue weighted by atomic mass is 9.88. The fraction of sp³-hybridized carbons (Fsp3) is 0.389. The number of amides is 1. The van der Waals surface area contributed by atoms with E-state index in [1.54, 1.807) is 11.3 Å². The molecule has 0 bridgehead atoms. The Morgan fingerprint density at radius 2 is 2.12 bits per heavy atom. The van der Waals surface area contributed by atoms with Crippen molar-refractivity contribution in [2.24, 2.45) is 5.41 Å². The molecule has 3 aromatic rings. The molecular formula is C18H21N3O2S. The van der Waals surface area contributed by atoms with Crippen LogP contribution in [0.2, 0.25) is 0 Å². The molecule has 0 radical (unpaired) electrons. The highest BCUT2D eigenvalue weighted by molar-refractivity contribution is 7.13. The van der Waals surface area contributed by atoms with Gasteiger partial charge in [-0.2, -0.15) is 0 Å². The number of fused-ring (bicyclic) bond motifs is 1. The first kappa shape index (κ1) is 16.6. The van der Waals surface area contributed by atoms with Gasteiger partial charge in [-0.1, -0.05) is 32.0 Å². The molecule has 126 valence electrons. The van der Waals surface area contributed by atoms with E-state index in [1.165, 1.54) is 0 Å². The van der Waals surface area contributed by atoms with Crippen LogP contribution < -0.4 is 5.32 Å². The lowest BCUT2D eigenvalue weighted by Gasteiger charge is -2.28. The molecule has 3 rings (SSSR count). The number of aryl methyl sites for hydroxylation is 1. The highest BCUT2D eigenvalue weighted by atomic mass is 32.1. The Kier molecular flexibility index (Phi) is 4.17. The predicted octanol–water partition coefficient (Wildman–Crippen LogP) is 4.42. The second kappa shape index (κ2) is 6.02. The van der Waals surface area contributed by atoms with Gasteiger partial charge in [0, 0.05) is 6.04 Å². The van der Waals surface area contributed by atoms with Crippen LogP contribution in [-0.4, -0.2) is 22.1 Å². The zero-order valence-corrected chi connectivity index (χ0v) is 15.3. The molecule has 3 aromatic heterocycles. The second-order valence-electron chi connectivity index (χ2n) is 7.04. The maximum atomic E-state index is 12.9. The molecule has 1 amide bonds.